The van der Waals surface area contributed by atoms with Crippen LogP contribution in [0.15, 0.2) is 78.9 Å². The fourth-order valence-electron chi connectivity index (χ4n) is 3.62. The molecule has 0 unspecified atom stereocenters. The molecule has 0 bridgehead atoms. The van der Waals surface area contributed by atoms with E-state index in [1.165, 1.54) is 6.07 Å². The quantitative estimate of drug-likeness (QED) is 0.258. The zero-order valence-electron chi connectivity index (χ0n) is 19.3. The second-order valence-corrected chi connectivity index (χ2v) is 8.34. The standard InChI is InChI=1S/C28H25ClN2O4/c1-19-8-5-6-11-21(19)22-12-14-25(28(32)33)30-26(22)24-15-13-23(29)27(31-24)35-17-7-16-34-18-20-9-3-2-4-10-20/h2-6,8-15H,7,16-18H2,1H3,(H,32,33). The van der Waals surface area contributed by atoms with E-state index >= 15 is 0 Å². The van der Waals surface area contributed by atoms with Crippen molar-refractivity contribution in [2.24, 2.45) is 0 Å². The second kappa shape index (κ2) is 11.6. The van der Waals surface area contributed by atoms with Crippen molar-refractivity contribution in [3.8, 4) is 28.4 Å². The van der Waals surface area contributed by atoms with Gasteiger partial charge in [-0.15, -0.1) is 0 Å². The number of aromatic nitrogens is 2. The van der Waals surface area contributed by atoms with Crippen LogP contribution in [-0.2, 0) is 11.3 Å². The lowest BCUT2D eigenvalue weighted by atomic mass is 9.97. The fraction of sp³-hybridized carbons (Fsp3) is 0.179. The first-order valence-corrected chi connectivity index (χ1v) is 11.6. The van der Waals surface area contributed by atoms with E-state index in [0.717, 1.165) is 22.3 Å². The first-order valence-electron chi connectivity index (χ1n) is 11.2. The van der Waals surface area contributed by atoms with Crippen LogP contribution in [0.3, 0.4) is 0 Å². The number of rotatable bonds is 10. The summed E-state index contributed by atoms with van der Waals surface area (Å²) in [5.74, 6) is -0.839. The molecule has 0 amide bonds. The molecule has 0 aliphatic rings. The van der Waals surface area contributed by atoms with Crippen LogP contribution in [0.2, 0.25) is 5.02 Å². The molecule has 35 heavy (non-hydrogen) atoms. The van der Waals surface area contributed by atoms with Crippen molar-refractivity contribution in [1.29, 1.82) is 0 Å². The van der Waals surface area contributed by atoms with E-state index in [2.05, 4.69) is 9.97 Å². The number of halogens is 1. The van der Waals surface area contributed by atoms with E-state index in [1.54, 1.807) is 18.2 Å². The van der Waals surface area contributed by atoms with Gasteiger partial charge in [0.15, 0.2) is 0 Å². The molecule has 0 aliphatic carbocycles. The molecule has 6 nitrogen and oxygen atoms in total. The number of aryl methyl sites for hydroxylation is 1. The van der Waals surface area contributed by atoms with E-state index in [-0.39, 0.29) is 11.6 Å². The molecule has 7 heteroatoms. The molecule has 4 rings (SSSR count). The molecule has 0 aliphatic heterocycles. The van der Waals surface area contributed by atoms with Crippen LogP contribution < -0.4 is 4.74 Å². The van der Waals surface area contributed by atoms with E-state index in [0.29, 0.717) is 42.7 Å². The number of benzene rings is 2. The minimum Gasteiger partial charge on any atom is -0.477 e. The maximum atomic E-state index is 11.6. The third-order valence-corrected chi connectivity index (χ3v) is 5.68. The minimum absolute atomic E-state index is 0.0629. The van der Waals surface area contributed by atoms with E-state index in [4.69, 9.17) is 21.1 Å². The molecule has 2 aromatic heterocycles. The van der Waals surface area contributed by atoms with Crippen LogP contribution in [0.4, 0.5) is 0 Å². The van der Waals surface area contributed by atoms with Crippen LogP contribution in [0, 0.1) is 6.92 Å². The number of carboxylic acid groups (broad SMARTS) is 1. The summed E-state index contributed by atoms with van der Waals surface area (Å²) in [6.45, 7) is 3.45. The van der Waals surface area contributed by atoms with Crippen molar-refractivity contribution in [2.75, 3.05) is 13.2 Å². The first-order chi connectivity index (χ1) is 17.0. The molecule has 0 spiro atoms. The third-order valence-electron chi connectivity index (χ3n) is 5.39. The Morgan fingerprint density at radius 3 is 2.43 bits per heavy atom. The van der Waals surface area contributed by atoms with Gasteiger partial charge >= 0.3 is 5.97 Å². The maximum absolute atomic E-state index is 11.6. The Bertz CT molecular complexity index is 1310. The highest BCUT2D eigenvalue weighted by atomic mass is 35.5. The molecule has 0 atom stereocenters. The lowest BCUT2D eigenvalue weighted by Gasteiger charge is -2.14. The lowest BCUT2D eigenvalue weighted by molar-refractivity contribution is 0.0690. The monoisotopic (exact) mass is 488 g/mol. The Kier molecular flexibility index (Phi) is 8.08. The molecule has 0 radical (unpaired) electrons. The van der Waals surface area contributed by atoms with Crippen molar-refractivity contribution in [3.63, 3.8) is 0 Å². The molecule has 4 aromatic rings. The van der Waals surface area contributed by atoms with Crippen LogP contribution in [-0.4, -0.2) is 34.3 Å². The smallest absolute Gasteiger partial charge is 0.354 e. The van der Waals surface area contributed by atoms with Crippen molar-refractivity contribution in [2.45, 2.75) is 20.0 Å². The molecule has 0 fully saturated rings. The predicted molar refractivity (Wildman–Crippen MR) is 136 cm³/mol. The van der Waals surface area contributed by atoms with Crippen molar-refractivity contribution < 1.29 is 19.4 Å². The average Bonchev–Trinajstić information content (AvgIpc) is 2.87. The zero-order chi connectivity index (χ0) is 24.6. The van der Waals surface area contributed by atoms with Gasteiger partial charge in [-0.1, -0.05) is 66.2 Å². The summed E-state index contributed by atoms with van der Waals surface area (Å²) < 4.78 is 11.5. The van der Waals surface area contributed by atoms with Gasteiger partial charge in [0.2, 0.25) is 5.88 Å². The highest BCUT2D eigenvalue weighted by molar-refractivity contribution is 6.31. The summed E-state index contributed by atoms with van der Waals surface area (Å²) in [5, 5.41) is 9.86. The SMILES string of the molecule is Cc1ccccc1-c1ccc(C(=O)O)nc1-c1ccc(Cl)c(OCCCOCc2ccccc2)n1. The maximum Gasteiger partial charge on any atom is 0.354 e. The molecule has 2 aromatic carbocycles. The number of nitrogens with zero attached hydrogens (tertiary/aromatic N) is 2. The Balaban J connectivity index is 1.51. The molecule has 0 saturated heterocycles. The topological polar surface area (TPSA) is 81.5 Å². The summed E-state index contributed by atoms with van der Waals surface area (Å²) in [6, 6.07) is 24.5. The van der Waals surface area contributed by atoms with E-state index in [9.17, 15) is 9.90 Å². The zero-order valence-corrected chi connectivity index (χ0v) is 20.0. The van der Waals surface area contributed by atoms with Gasteiger partial charge in [0.1, 0.15) is 10.7 Å². The van der Waals surface area contributed by atoms with Crippen LogP contribution in [0.5, 0.6) is 5.88 Å². The average molecular weight is 489 g/mol. The number of hydrogen-bond donors (Lipinski definition) is 1. The lowest BCUT2D eigenvalue weighted by Crippen LogP contribution is -2.06. The van der Waals surface area contributed by atoms with Crippen LogP contribution >= 0.6 is 11.6 Å². The Hall–Kier alpha value is -3.74. The Morgan fingerprint density at radius 1 is 0.886 bits per heavy atom. The Morgan fingerprint density at radius 2 is 1.66 bits per heavy atom. The number of hydrogen-bond acceptors (Lipinski definition) is 5. The first kappa shape index (κ1) is 24.4. The normalized spacial score (nSPS) is 10.8. The number of aromatic carboxylic acids is 1. The van der Waals surface area contributed by atoms with Crippen molar-refractivity contribution >= 4 is 17.6 Å². The fourth-order valence-corrected chi connectivity index (χ4v) is 3.78. The number of pyridine rings is 2. The summed E-state index contributed by atoms with van der Waals surface area (Å²) in [5.41, 5.74) is 4.75. The molecule has 0 saturated carbocycles. The molecular formula is C28H25ClN2O4. The van der Waals surface area contributed by atoms with Gasteiger partial charge in [-0.3, -0.25) is 0 Å². The predicted octanol–water partition coefficient (Wildman–Crippen LogP) is 6.46. The minimum atomic E-state index is -1.11. The molecular weight excluding hydrogens is 464 g/mol. The van der Waals surface area contributed by atoms with Gasteiger partial charge in [0, 0.05) is 12.0 Å². The van der Waals surface area contributed by atoms with Crippen molar-refractivity contribution in [1.82, 2.24) is 9.97 Å². The van der Waals surface area contributed by atoms with Gasteiger partial charge in [0.05, 0.1) is 31.2 Å². The highest BCUT2D eigenvalue weighted by Crippen LogP contribution is 2.34. The molecule has 178 valence electrons. The van der Waals surface area contributed by atoms with Crippen LogP contribution in [0.25, 0.3) is 22.5 Å². The van der Waals surface area contributed by atoms with Gasteiger partial charge < -0.3 is 14.6 Å². The summed E-state index contributed by atoms with van der Waals surface area (Å²) in [7, 11) is 0. The molecule has 2 heterocycles. The number of ether oxygens (including phenoxy) is 2. The molecule has 1 N–H and O–H groups in total. The van der Waals surface area contributed by atoms with Crippen molar-refractivity contribution in [3.05, 3.63) is 101 Å². The highest BCUT2D eigenvalue weighted by Gasteiger charge is 2.17. The van der Waals surface area contributed by atoms with Gasteiger partial charge in [-0.05, 0) is 47.9 Å². The van der Waals surface area contributed by atoms with Gasteiger partial charge in [-0.25, -0.2) is 14.8 Å². The van der Waals surface area contributed by atoms with Gasteiger partial charge in [0.25, 0.3) is 0 Å². The largest absolute Gasteiger partial charge is 0.477 e. The number of carboxylic acids is 1. The summed E-state index contributed by atoms with van der Waals surface area (Å²) >= 11 is 6.33. The second-order valence-electron chi connectivity index (χ2n) is 7.94. The summed E-state index contributed by atoms with van der Waals surface area (Å²) in [6.07, 6.45) is 0.663. The Labute approximate surface area is 209 Å². The van der Waals surface area contributed by atoms with E-state index < -0.39 is 5.97 Å². The number of carbonyl (C=O) groups is 1. The third kappa shape index (κ3) is 6.23. The van der Waals surface area contributed by atoms with Gasteiger partial charge in [-0.2, -0.15) is 0 Å². The summed E-state index contributed by atoms with van der Waals surface area (Å²) in [4.78, 5) is 20.6. The van der Waals surface area contributed by atoms with Crippen LogP contribution in [0.1, 0.15) is 28.0 Å². The van der Waals surface area contributed by atoms with E-state index in [1.807, 2.05) is 61.5 Å².